The predicted octanol–water partition coefficient (Wildman–Crippen LogP) is 3.27. The summed E-state index contributed by atoms with van der Waals surface area (Å²) in [5.41, 5.74) is 0.709. The van der Waals surface area contributed by atoms with Crippen molar-refractivity contribution in [3.63, 3.8) is 0 Å². The Morgan fingerprint density at radius 3 is 2.06 bits per heavy atom. The minimum atomic E-state index is -4.28. The van der Waals surface area contributed by atoms with Gasteiger partial charge in [0, 0.05) is 0 Å². The second kappa shape index (κ2) is 15.4. The van der Waals surface area contributed by atoms with E-state index in [1.807, 2.05) is 0 Å². The first-order valence-electron chi connectivity index (χ1n) is 11.0. The van der Waals surface area contributed by atoms with Crippen LogP contribution < -0.4 is 61.2 Å². The molecular formula is C24H33KO5S. The molecule has 5 nitrogen and oxygen atoms in total. The molecular weight excluding hydrogens is 439 g/mol. The fourth-order valence-electron chi connectivity index (χ4n) is 3.48. The molecule has 0 radical (unpaired) electrons. The summed E-state index contributed by atoms with van der Waals surface area (Å²) in [4.78, 5) is -0.144. The van der Waals surface area contributed by atoms with Gasteiger partial charge in [-0.3, -0.25) is 4.55 Å². The fourth-order valence-corrected chi connectivity index (χ4v) is 4.01. The minimum Gasteiger partial charge on any atom is -0.872 e. The zero-order valence-corrected chi connectivity index (χ0v) is 22.7. The van der Waals surface area contributed by atoms with Crippen LogP contribution in [0.5, 0.6) is 17.2 Å². The molecule has 0 fully saturated rings. The van der Waals surface area contributed by atoms with Crippen LogP contribution >= 0.6 is 0 Å². The standard InChI is InChI=1S/C24H34O5S.K/c1-2-3-4-5-6-7-8-9-10-11-13-20-18-23(30(26,27)28)16-17-24(20)29-22-15-12-14-21(25)19-22;/h12,14-19,25H,2-11,13H2,1H3,(H,26,27,28);/q;+1/p-1. The van der Waals surface area contributed by atoms with Gasteiger partial charge in [0.25, 0.3) is 10.1 Å². The Bertz CT molecular complexity index is 883. The van der Waals surface area contributed by atoms with E-state index in [9.17, 15) is 18.1 Å². The van der Waals surface area contributed by atoms with Gasteiger partial charge >= 0.3 is 51.4 Å². The first kappa shape index (κ1) is 28.6. The minimum absolute atomic E-state index is 0. The van der Waals surface area contributed by atoms with E-state index >= 15 is 0 Å². The Hall–Kier alpha value is -0.414. The average Bonchev–Trinajstić information content (AvgIpc) is 2.69. The van der Waals surface area contributed by atoms with Crippen LogP contribution in [-0.2, 0) is 16.5 Å². The first-order valence-corrected chi connectivity index (χ1v) is 12.4. The van der Waals surface area contributed by atoms with E-state index in [0.29, 0.717) is 23.5 Å². The van der Waals surface area contributed by atoms with Crippen LogP contribution in [-0.4, -0.2) is 13.0 Å². The fraction of sp³-hybridized carbons (Fsp3) is 0.500. The van der Waals surface area contributed by atoms with E-state index < -0.39 is 10.1 Å². The van der Waals surface area contributed by atoms with Crippen LogP contribution in [0.1, 0.15) is 76.7 Å². The Morgan fingerprint density at radius 1 is 0.871 bits per heavy atom. The quantitative estimate of drug-likeness (QED) is 0.259. The number of rotatable bonds is 14. The van der Waals surface area contributed by atoms with Gasteiger partial charge in [0.1, 0.15) is 11.5 Å². The van der Waals surface area contributed by atoms with Crippen LogP contribution in [0.4, 0.5) is 0 Å². The molecule has 0 amide bonds. The summed E-state index contributed by atoms with van der Waals surface area (Å²) in [5, 5.41) is 11.5. The van der Waals surface area contributed by atoms with Crippen molar-refractivity contribution in [2.75, 3.05) is 0 Å². The number of ether oxygens (including phenoxy) is 1. The van der Waals surface area contributed by atoms with Crippen molar-refractivity contribution in [1.29, 1.82) is 0 Å². The number of hydrogen-bond donors (Lipinski definition) is 1. The molecule has 0 spiro atoms. The van der Waals surface area contributed by atoms with Gasteiger partial charge in [-0.25, -0.2) is 0 Å². The van der Waals surface area contributed by atoms with Crippen molar-refractivity contribution < 1.29 is 74.2 Å². The van der Waals surface area contributed by atoms with Crippen LogP contribution in [0, 0.1) is 0 Å². The summed E-state index contributed by atoms with van der Waals surface area (Å²) in [6, 6.07) is 10.4. The number of hydrogen-bond acceptors (Lipinski definition) is 4. The van der Waals surface area contributed by atoms with Crippen molar-refractivity contribution in [2.45, 2.75) is 82.4 Å². The van der Waals surface area contributed by atoms with Crippen molar-refractivity contribution in [1.82, 2.24) is 0 Å². The van der Waals surface area contributed by atoms with Crippen LogP contribution in [0.2, 0.25) is 0 Å². The summed E-state index contributed by atoms with van der Waals surface area (Å²) >= 11 is 0. The Kier molecular flexibility index (Phi) is 14.2. The summed E-state index contributed by atoms with van der Waals surface area (Å²) in [7, 11) is -4.28. The normalized spacial score (nSPS) is 11.2. The van der Waals surface area contributed by atoms with Gasteiger partial charge in [-0.15, -0.1) is 5.75 Å². The molecule has 0 aliphatic carbocycles. The van der Waals surface area contributed by atoms with Crippen molar-refractivity contribution >= 4 is 10.1 Å². The summed E-state index contributed by atoms with van der Waals surface area (Å²) < 4.78 is 38.2. The van der Waals surface area contributed by atoms with Gasteiger partial charge in [0.15, 0.2) is 0 Å². The molecule has 31 heavy (non-hydrogen) atoms. The third-order valence-electron chi connectivity index (χ3n) is 5.16. The van der Waals surface area contributed by atoms with Crippen molar-refractivity contribution in [3.8, 4) is 17.2 Å². The monoisotopic (exact) mass is 472 g/mol. The van der Waals surface area contributed by atoms with E-state index in [1.165, 1.54) is 75.3 Å². The SMILES string of the molecule is CCCCCCCCCCCCc1cc(S(=O)(=O)O)ccc1Oc1cccc([O-])c1.[K+]. The molecule has 2 aromatic carbocycles. The number of aryl methyl sites for hydroxylation is 1. The Balaban J connectivity index is 0.00000480. The average molecular weight is 473 g/mol. The summed E-state index contributed by atoms with van der Waals surface area (Å²) in [6.45, 7) is 2.23. The summed E-state index contributed by atoms with van der Waals surface area (Å²) in [6.07, 6.45) is 12.8. The van der Waals surface area contributed by atoms with Gasteiger partial charge in [-0.1, -0.05) is 76.8 Å². The van der Waals surface area contributed by atoms with E-state index in [0.717, 1.165) is 19.3 Å². The van der Waals surface area contributed by atoms with Crippen molar-refractivity contribution in [2.24, 2.45) is 0 Å². The second-order valence-electron chi connectivity index (χ2n) is 7.75. The molecule has 166 valence electrons. The van der Waals surface area contributed by atoms with Crippen molar-refractivity contribution in [3.05, 3.63) is 48.0 Å². The zero-order chi connectivity index (χ0) is 21.8. The van der Waals surface area contributed by atoms with Crippen LogP contribution in [0.3, 0.4) is 0 Å². The molecule has 0 aliphatic heterocycles. The van der Waals surface area contributed by atoms with Gasteiger partial charge in [0.2, 0.25) is 0 Å². The maximum absolute atomic E-state index is 11.5. The molecule has 0 heterocycles. The van der Waals surface area contributed by atoms with Gasteiger partial charge in [0.05, 0.1) is 4.90 Å². The predicted molar refractivity (Wildman–Crippen MR) is 118 cm³/mol. The molecule has 0 bridgehead atoms. The van der Waals surface area contributed by atoms with Crippen LogP contribution in [0.15, 0.2) is 47.4 Å². The van der Waals surface area contributed by atoms with Gasteiger partial charge in [-0.05, 0) is 48.7 Å². The maximum atomic E-state index is 11.5. The molecule has 0 unspecified atom stereocenters. The molecule has 1 N–H and O–H groups in total. The number of benzene rings is 2. The molecule has 2 rings (SSSR count). The maximum Gasteiger partial charge on any atom is 1.00 e. The largest absolute Gasteiger partial charge is 1.00 e. The molecule has 0 saturated carbocycles. The third-order valence-corrected chi connectivity index (χ3v) is 6.01. The molecule has 0 aromatic heterocycles. The van der Waals surface area contributed by atoms with E-state index in [4.69, 9.17) is 4.74 Å². The molecule has 0 saturated heterocycles. The number of unbranched alkanes of at least 4 members (excludes halogenated alkanes) is 9. The second-order valence-corrected chi connectivity index (χ2v) is 9.18. The molecule has 0 aliphatic rings. The molecule has 0 atom stereocenters. The molecule has 7 heteroatoms. The first-order chi connectivity index (χ1) is 14.4. The topological polar surface area (TPSA) is 86.7 Å². The van der Waals surface area contributed by atoms with Crippen LogP contribution in [0.25, 0.3) is 0 Å². The summed E-state index contributed by atoms with van der Waals surface area (Å²) in [5.74, 6) is 0.758. The Labute approximate surface area is 229 Å². The third kappa shape index (κ3) is 11.3. The van der Waals surface area contributed by atoms with E-state index in [-0.39, 0.29) is 62.0 Å². The van der Waals surface area contributed by atoms with E-state index in [2.05, 4.69) is 6.92 Å². The molecule has 2 aromatic rings. The van der Waals surface area contributed by atoms with E-state index in [1.54, 1.807) is 12.1 Å². The zero-order valence-electron chi connectivity index (χ0n) is 18.8. The smallest absolute Gasteiger partial charge is 0.872 e. The van der Waals surface area contributed by atoms with Gasteiger partial charge < -0.3 is 9.84 Å². The van der Waals surface area contributed by atoms with Gasteiger partial charge in [-0.2, -0.15) is 8.42 Å². The Morgan fingerprint density at radius 2 is 1.48 bits per heavy atom.